The summed E-state index contributed by atoms with van der Waals surface area (Å²) in [4.78, 5) is 19.8. The Morgan fingerprint density at radius 1 is 1.31 bits per heavy atom. The Kier molecular flexibility index (Phi) is 4.13. The number of aryl methyl sites for hydroxylation is 2. The standard InChI is InChI=1S/C21H27N3O2/c1-13(2)18-22-20(26-23-18)21-9-5-6-17(21)11-24(12-21)19(25)16-8-7-14(3)15(4)10-16/h7-8,10,13,17H,5-6,9,11-12H2,1-4H3/t17-,21-/m1/s1. The van der Waals surface area contributed by atoms with Crippen LogP contribution in [-0.4, -0.2) is 34.0 Å². The van der Waals surface area contributed by atoms with Crippen molar-refractivity contribution in [1.82, 2.24) is 15.0 Å². The average molecular weight is 353 g/mol. The molecule has 0 N–H and O–H groups in total. The van der Waals surface area contributed by atoms with Crippen molar-refractivity contribution in [2.75, 3.05) is 13.1 Å². The van der Waals surface area contributed by atoms with E-state index in [-0.39, 0.29) is 17.2 Å². The topological polar surface area (TPSA) is 59.2 Å². The van der Waals surface area contributed by atoms with Crippen molar-refractivity contribution >= 4 is 5.91 Å². The van der Waals surface area contributed by atoms with Crippen LogP contribution in [0.1, 0.15) is 72.2 Å². The third kappa shape index (κ3) is 2.65. The van der Waals surface area contributed by atoms with Gasteiger partial charge in [-0.2, -0.15) is 4.98 Å². The van der Waals surface area contributed by atoms with Crippen LogP contribution in [0.3, 0.4) is 0 Å². The fourth-order valence-corrected chi connectivity index (χ4v) is 4.52. The summed E-state index contributed by atoms with van der Waals surface area (Å²) in [5.41, 5.74) is 2.98. The van der Waals surface area contributed by atoms with Crippen LogP contribution in [0.4, 0.5) is 0 Å². The number of carbonyl (C=O) groups is 1. The lowest BCUT2D eigenvalue weighted by Crippen LogP contribution is -2.35. The molecule has 1 aromatic carbocycles. The molecule has 2 aromatic rings. The van der Waals surface area contributed by atoms with Gasteiger partial charge in [0.2, 0.25) is 5.89 Å². The summed E-state index contributed by atoms with van der Waals surface area (Å²) in [7, 11) is 0. The fraction of sp³-hybridized carbons (Fsp3) is 0.571. The molecule has 1 aromatic heterocycles. The minimum atomic E-state index is -0.157. The number of likely N-dealkylation sites (tertiary alicyclic amines) is 1. The van der Waals surface area contributed by atoms with Crippen LogP contribution in [0.15, 0.2) is 22.7 Å². The smallest absolute Gasteiger partial charge is 0.253 e. The number of carbonyl (C=O) groups excluding carboxylic acids is 1. The predicted octanol–water partition coefficient (Wildman–Crippen LogP) is 4.00. The van der Waals surface area contributed by atoms with Gasteiger partial charge in [-0.3, -0.25) is 4.79 Å². The second-order valence-corrected chi connectivity index (χ2v) is 8.34. The minimum Gasteiger partial charge on any atom is -0.339 e. The maximum absolute atomic E-state index is 13.1. The van der Waals surface area contributed by atoms with Gasteiger partial charge in [0, 0.05) is 24.6 Å². The lowest BCUT2D eigenvalue weighted by Gasteiger charge is -2.24. The maximum Gasteiger partial charge on any atom is 0.253 e. The van der Waals surface area contributed by atoms with Gasteiger partial charge >= 0.3 is 0 Å². The zero-order chi connectivity index (χ0) is 18.5. The van der Waals surface area contributed by atoms with Gasteiger partial charge in [0.15, 0.2) is 5.82 Å². The Bertz CT molecular complexity index is 842. The first kappa shape index (κ1) is 17.3. The minimum absolute atomic E-state index is 0.116. The van der Waals surface area contributed by atoms with Gasteiger partial charge in [0.05, 0.1) is 5.41 Å². The van der Waals surface area contributed by atoms with Crippen molar-refractivity contribution in [2.45, 2.75) is 58.3 Å². The lowest BCUT2D eigenvalue weighted by molar-refractivity contribution is 0.0775. The van der Waals surface area contributed by atoms with Gasteiger partial charge in [-0.05, 0) is 55.9 Å². The molecule has 2 aliphatic rings. The van der Waals surface area contributed by atoms with E-state index in [1.165, 1.54) is 5.56 Å². The molecule has 138 valence electrons. The normalized spacial score (nSPS) is 25.1. The number of fused-ring (bicyclic) bond motifs is 1. The second kappa shape index (κ2) is 6.22. The maximum atomic E-state index is 13.1. The molecule has 1 aliphatic heterocycles. The zero-order valence-corrected chi connectivity index (χ0v) is 16.1. The number of hydrogen-bond donors (Lipinski definition) is 0. The van der Waals surface area contributed by atoms with Gasteiger partial charge in [-0.1, -0.05) is 31.5 Å². The molecule has 5 nitrogen and oxygen atoms in total. The number of benzene rings is 1. The van der Waals surface area contributed by atoms with Crippen molar-refractivity contribution in [3.63, 3.8) is 0 Å². The lowest BCUT2D eigenvalue weighted by atomic mass is 9.80. The summed E-state index contributed by atoms with van der Waals surface area (Å²) in [5.74, 6) is 2.28. The molecular weight excluding hydrogens is 326 g/mol. The van der Waals surface area contributed by atoms with Crippen molar-refractivity contribution in [2.24, 2.45) is 5.92 Å². The molecular formula is C21H27N3O2. The molecule has 1 amide bonds. The van der Waals surface area contributed by atoms with E-state index in [1.807, 2.05) is 23.1 Å². The van der Waals surface area contributed by atoms with Crippen LogP contribution in [0.2, 0.25) is 0 Å². The van der Waals surface area contributed by atoms with Crippen LogP contribution < -0.4 is 0 Å². The van der Waals surface area contributed by atoms with E-state index in [9.17, 15) is 4.79 Å². The Balaban J connectivity index is 1.61. The Morgan fingerprint density at radius 3 is 2.81 bits per heavy atom. The van der Waals surface area contributed by atoms with Crippen LogP contribution >= 0.6 is 0 Å². The molecule has 1 aliphatic carbocycles. The molecule has 0 spiro atoms. The molecule has 2 atom stereocenters. The Hall–Kier alpha value is -2.17. The first-order valence-corrected chi connectivity index (χ1v) is 9.61. The quantitative estimate of drug-likeness (QED) is 0.837. The first-order valence-electron chi connectivity index (χ1n) is 9.61. The number of rotatable bonds is 3. The summed E-state index contributed by atoms with van der Waals surface area (Å²) in [5, 5.41) is 4.18. The second-order valence-electron chi connectivity index (χ2n) is 8.34. The SMILES string of the molecule is Cc1ccc(C(=O)N2C[C@H]3CCC[C@@]3(c3nc(C(C)C)no3)C2)cc1C. The molecule has 5 heteroatoms. The third-order valence-corrected chi connectivity index (χ3v) is 6.30. The highest BCUT2D eigenvalue weighted by atomic mass is 16.5. The Morgan fingerprint density at radius 2 is 2.12 bits per heavy atom. The van der Waals surface area contributed by atoms with E-state index in [1.54, 1.807) is 0 Å². The van der Waals surface area contributed by atoms with Crippen LogP contribution in [0.25, 0.3) is 0 Å². The highest BCUT2D eigenvalue weighted by Crippen LogP contribution is 2.50. The molecule has 1 saturated heterocycles. The monoisotopic (exact) mass is 353 g/mol. The molecule has 0 radical (unpaired) electrons. The first-order chi connectivity index (χ1) is 12.4. The van der Waals surface area contributed by atoms with E-state index >= 15 is 0 Å². The highest BCUT2D eigenvalue weighted by molar-refractivity contribution is 5.94. The van der Waals surface area contributed by atoms with Gasteiger partial charge < -0.3 is 9.42 Å². The molecule has 2 fully saturated rings. The average Bonchev–Trinajstić information content (AvgIpc) is 3.29. The van der Waals surface area contributed by atoms with Gasteiger partial charge in [-0.15, -0.1) is 0 Å². The molecule has 1 saturated carbocycles. The predicted molar refractivity (Wildman–Crippen MR) is 99.2 cm³/mol. The molecule has 4 rings (SSSR count). The third-order valence-electron chi connectivity index (χ3n) is 6.30. The summed E-state index contributed by atoms with van der Waals surface area (Å²) in [6.07, 6.45) is 3.31. The van der Waals surface area contributed by atoms with Gasteiger partial charge in [0.1, 0.15) is 0 Å². The zero-order valence-electron chi connectivity index (χ0n) is 16.1. The van der Waals surface area contributed by atoms with E-state index < -0.39 is 0 Å². The number of aromatic nitrogens is 2. The summed E-state index contributed by atoms with van der Waals surface area (Å²) in [6, 6.07) is 5.97. The van der Waals surface area contributed by atoms with Crippen LogP contribution in [0.5, 0.6) is 0 Å². The van der Waals surface area contributed by atoms with E-state index in [0.29, 0.717) is 12.5 Å². The van der Waals surface area contributed by atoms with Crippen LogP contribution in [0, 0.1) is 19.8 Å². The summed E-state index contributed by atoms with van der Waals surface area (Å²) >= 11 is 0. The fourth-order valence-electron chi connectivity index (χ4n) is 4.52. The largest absolute Gasteiger partial charge is 0.339 e. The van der Waals surface area contributed by atoms with Gasteiger partial charge in [0.25, 0.3) is 5.91 Å². The molecule has 0 unspecified atom stereocenters. The molecule has 0 bridgehead atoms. The number of hydrogen-bond acceptors (Lipinski definition) is 4. The van der Waals surface area contributed by atoms with Crippen molar-refractivity contribution in [3.8, 4) is 0 Å². The Labute approximate surface area is 154 Å². The number of amides is 1. The summed E-state index contributed by atoms with van der Waals surface area (Å²) in [6.45, 7) is 9.73. The van der Waals surface area contributed by atoms with Crippen LogP contribution in [-0.2, 0) is 5.41 Å². The van der Waals surface area contributed by atoms with E-state index in [4.69, 9.17) is 9.51 Å². The number of nitrogens with zero attached hydrogens (tertiary/aromatic N) is 3. The molecule has 26 heavy (non-hydrogen) atoms. The summed E-state index contributed by atoms with van der Waals surface area (Å²) < 4.78 is 5.68. The molecule has 2 heterocycles. The van der Waals surface area contributed by atoms with Crippen molar-refractivity contribution in [1.29, 1.82) is 0 Å². The highest BCUT2D eigenvalue weighted by Gasteiger charge is 2.55. The van der Waals surface area contributed by atoms with Crippen molar-refractivity contribution < 1.29 is 9.32 Å². The van der Waals surface area contributed by atoms with E-state index in [2.05, 4.69) is 32.9 Å². The van der Waals surface area contributed by atoms with Crippen molar-refractivity contribution in [3.05, 3.63) is 46.6 Å². The van der Waals surface area contributed by atoms with E-state index in [0.717, 1.165) is 48.6 Å². The van der Waals surface area contributed by atoms with Gasteiger partial charge in [-0.25, -0.2) is 0 Å².